The molecule has 7 nitrogen and oxygen atoms in total. The average molecular weight is 425 g/mol. The highest BCUT2D eigenvalue weighted by molar-refractivity contribution is 7.89. The molecule has 8 heteroatoms. The summed E-state index contributed by atoms with van der Waals surface area (Å²) < 4.78 is 26.3. The van der Waals surface area contributed by atoms with Crippen LogP contribution in [0.1, 0.15) is 30.4 Å². The van der Waals surface area contributed by atoms with Crippen LogP contribution in [0, 0.1) is 11.3 Å². The fourth-order valence-corrected chi connectivity index (χ4v) is 5.18. The summed E-state index contributed by atoms with van der Waals surface area (Å²) in [6.07, 6.45) is 3.33. The maximum Gasteiger partial charge on any atom is 0.241 e. The van der Waals surface area contributed by atoms with E-state index in [2.05, 4.69) is 21.4 Å². The molecule has 0 aliphatic carbocycles. The van der Waals surface area contributed by atoms with Crippen LogP contribution in [0.15, 0.2) is 47.4 Å². The van der Waals surface area contributed by atoms with Crippen LogP contribution >= 0.6 is 0 Å². The van der Waals surface area contributed by atoms with Gasteiger partial charge in [0.2, 0.25) is 15.9 Å². The average Bonchev–Trinajstić information content (AvgIpc) is 3.08. The Balaban J connectivity index is 1.42. The minimum Gasteiger partial charge on any atom is -0.339 e. The van der Waals surface area contributed by atoms with E-state index in [4.69, 9.17) is 0 Å². The Morgan fingerprint density at radius 2 is 1.93 bits per heavy atom. The number of hydrogen-bond acceptors (Lipinski definition) is 5. The Kier molecular flexibility index (Phi) is 5.86. The van der Waals surface area contributed by atoms with Crippen LogP contribution in [0.25, 0.3) is 11.1 Å². The van der Waals surface area contributed by atoms with Crippen molar-refractivity contribution in [3.8, 4) is 17.2 Å². The highest BCUT2D eigenvalue weighted by atomic mass is 32.2. The molecule has 0 aromatic heterocycles. The zero-order valence-electron chi connectivity index (χ0n) is 16.5. The Labute approximate surface area is 176 Å². The van der Waals surface area contributed by atoms with Gasteiger partial charge in [-0.3, -0.25) is 4.79 Å². The molecule has 4 rings (SSSR count). The topological polar surface area (TPSA) is 111 Å². The largest absolute Gasteiger partial charge is 0.339 e. The van der Waals surface area contributed by atoms with Gasteiger partial charge >= 0.3 is 0 Å². The Morgan fingerprint density at radius 1 is 1.17 bits per heavy atom. The van der Waals surface area contributed by atoms with E-state index in [1.54, 1.807) is 12.1 Å². The molecule has 1 unspecified atom stereocenters. The molecule has 2 atom stereocenters. The second-order valence-electron chi connectivity index (χ2n) is 7.74. The van der Waals surface area contributed by atoms with Crippen molar-refractivity contribution in [1.82, 2.24) is 15.4 Å². The van der Waals surface area contributed by atoms with Crippen LogP contribution in [0.4, 0.5) is 0 Å². The lowest BCUT2D eigenvalue weighted by Crippen LogP contribution is -2.49. The molecule has 30 heavy (non-hydrogen) atoms. The quantitative estimate of drug-likeness (QED) is 0.678. The van der Waals surface area contributed by atoms with E-state index in [9.17, 15) is 18.5 Å². The molecular formula is C22H24N4O3S. The first-order valence-corrected chi connectivity index (χ1v) is 11.6. The molecular weight excluding hydrogens is 400 g/mol. The predicted molar refractivity (Wildman–Crippen MR) is 113 cm³/mol. The van der Waals surface area contributed by atoms with Crippen LogP contribution in [0.2, 0.25) is 0 Å². The van der Waals surface area contributed by atoms with Crippen molar-refractivity contribution < 1.29 is 13.2 Å². The molecule has 2 aromatic carbocycles. The van der Waals surface area contributed by atoms with E-state index >= 15 is 0 Å². The lowest BCUT2D eigenvalue weighted by molar-refractivity contribution is -0.124. The zero-order valence-corrected chi connectivity index (χ0v) is 17.3. The second-order valence-corrected chi connectivity index (χ2v) is 9.48. The summed E-state index contributed by atoms with van der Waals surface area (Å²) in [4.78, 5) is 12.7. The molecule has 2 aromatic rings. The molecule has 1 amide bonds. The van der Waals surface area contributed by atoms with Gasteiger partial charge in [0.05, 0.1) is 17.0 Å². The van der Waals surface area contributed by atoms with Crippen LogP contribution in [0.3, 0.4) is 0 Å². The van der Waals surface area contributed by atoms with Gasteiger partial charge in [0, 0.05) is 13.0 Å². The fourth-order valence-electron chi connectivity index (χ4n) is 3.96. The molecule has 1 saturated heterocycles. The number of piperidine rings is 1. The van der Waals surface area contributed by atoms with E-state index in [0.29, 0.717) is 17.9 Å². The van der Waals surface area contributed by atoms with Gasteiger partial charge in [-0.2, -0.15) is 5.26 Å². The molecule has 0 bridgehead atoms. The van der Waals surface area contributed by atoms with Crippen LogP contribution in [-0.2, 0) is 27.8 Å². The summed E-state index contributed by atoms with van der Waals surface area (Å²) in [7, 11) is -3.37. The number of sulfonamides is 1. The van der Waals surface area contributed by atoms with Gasteiger partial charge in [-0.1, -0.05) is 36.8 Å². The van der Waals surface area contributed by atoms with E-state index in [1.165, 1.54) is 0 Å². The molecule has 156 valence electrons. The predicted octanol–water partition coefficient (Wildman–Crippen LogP) is 1.84. The number of benzene rings is 2. The first-order chi connectivity index (χ1) is 14.5. The van der Waals surface area contributed by atoms with E-state index < -0.39 is 16.1 Å². The number of rotatable bonds is 5. The van der Waals surface area contributed by atoms with E-state index in [1.807, 2.05) is 30.3 Å². The van der Waals surface area contributed by atoms with Crippen molar-refractivity contribution >= 4 is 15.9 Å². The molecule has 2 aliphatic rings. The van der Waals surface area contributed by atoms with E-state index in [0.717, 1.165) is 48.1 Å². The third-order valence-electron chi connectivity index (χ3n) is 5.63. The van der Waals surface area contributed by atoms with Gasteiger partial charge < -0.3 is 10.6 Å². The minimum absolute atomic E-state index is 0.112. The third-order valence-corrected chi connectivity index (χ3v) is 7.13. The molecule has 1 fully saturated rings. The van der Waals surface area contributed by atoms with Crippen LogP contribution in [-0.4, -0.2) is 33.0 Å². The van der Waals surface area contributed by atoms with Gasteiger partial charge in [0.1, 0.15) is 6.04 Å². The maximum atomic E-state index is 12.4. The van der Waals surface area contributed by atoms with Crippen LogP contribution in [0.5, 0.6) is 0 Å². The summed E-state index contributed by atoms with van der Waals surface area (Å²) >= 11 is 0. The highest BCUT2D eigenvalue weighted by Gasteiger charge is 2.25. The number of nitriles is 1. The molecule has 0 radical (unpaired) electrons. The monoisotopic (exact) mass is 424 g/mol. The van der Waals surface area contributed by atoms with Gasteiger partial charge in [0.15, 0.2) is 0 Å². The van der Waals surface area contributed by atoms with Gasteiger partial charge in [-0.25, -0.2) is 13.1 Å². The number of carbonyl (C=O) groups is 1. The third kappa shape index (κ3) is 4.38. The first-order valence-electron chi connectivity index (χ1n) is 10.1. The standard InChI is InChI=1S/C22H24N4O3S/c23-13-19(26-22(27)20-3-1-2-10-24-20)11-15-4-6-16(7-5-15)17-8-9-21-18(12-17)14-25-30(21,28)29/h4-9,12,19-20,24-25H,1-3,10-11,14H2,(H,26,27)/t19-,20?/m0/s1. The summed E-state index contributed by atoms with van der Waals surface area (Å²) in [5.41, 5.74) is 3.62. The molecule has 2 heterocycles. The summed E-state index contributed by atoms with van der Waals surface area (Å²) in [5.74, 6) is -0.112. The van der Waals surface area contributed by atoms with Crippen molar-refractivity contribution in [1.29, 1.82) is 5.26 Å². The molecule has 0 spiro atoms. The maximum absolute atomic E-state index is 12.4. The summed E-state index contributed by atoms with van der Waals surface area (Å²) in [6, 6.07) is 14.5. The zero-order chi connectivity index (χ0) is 21.1. The Hall–Kier alpha value is -2.73. The van der Waals surface area contributed by atoms with Gasteiger partial charge in [-0.05, 0) is 53.8 Å². The Bertz CT molecular complexity index is 1080. The lowest BCUT2D eigenvalue weighted by atomic mass is 9.99. The Morgan fingerprint density at radius 3 is 2.63 bits per heavy atom. The number of hydrogen-bond donors (Lipinski definition) is 3. The molecule has 3 N–H and O–H groups in total. The lowest BCUT2D eigenvalue weighted by Gasteiger charge is -2.23. The van der Waals surface area contributed by atoms with E-state index in [-0.39, 0.29) is 11.9 Å². The SMILES string of the molecule is N#C[C@H](Cc1ccc(-c2ccc3c(c2)CNS3(=O)=O)cc1)NC(=O)C1CCCCN1. The van der Waals surface area contributed by atoms with Crippen molar-refractivity contribution in [3.63, 3.8) is 0 Å². The number of nitrogens with one attached hydrogen (secondary N) is 3. The normalized spacial score (nSPS) is 20.7. The molecule has 2 aliphatic heterocycles. The fraction of sp³-hybridized carbons (Fsp3) is 0.364. The molecule has 0 saturated carbocycles. The summed E-state index contributed by atoms with van der Waals surface area (Å²) in [6.45, 7) is 1.14. The van der Waals surface area contributed by atoms with Crippen molar-refractivity contribution in [2.75, 3.05) is 6.54 Å². The van der Waals surface area contributed by atoms with Gasteiger partial charge in [-0.15, -0.1) is 0 Å². The number of amides is 1. The van der Waals surface area contributed by atoms with Crippen molar-refractivity contribution in [3.05, 3.63) is 53.6 Å². The number of nitrogens with zero attached hydrogens (tertiary/aromatic N) is 1. The second kappa shape index (κ2) is 8.56. The van der Waals surface area contributed by atoms with Crippen molar-refractivity contribution in [2.45, 2.75) is 49.2 Å². The number of carbonyl (C=O) groups excluding carboxylic acids is 1. The minimum atomic E-state index is -3.37. The highest BCUT2D eigenvalue weighted by Crippen LogP contribution is 2.28. The number of fused-ring (bicyclic) bond motifs is 1. The smallest absolute Gasteiger partial charge is 0.241 e. The summed E-state index contributed by atoms with van der Waals surface area (Å²) in [5, 5.41) is 15.5. The van der Waals surface area contributed by atoms with Crippen LogP contribution < -0.4 is 15.4 Å². The first kappa shape index (κ1) is 20.5. The van der Waals surface area contributed by atoms with Gasteiger partial charge in [0.25, 0.3) is 0 Å². The van der Waals surface area contributed by atoms with Crippen molar-refractivity contribution in [2.24, 2.45) is 0 Å².